The fourth-order valence-electron chi connectivity index (χ4n) is 1.94. The predicted molar refractivity (Wildman–Crippen MR) is 69.8 cm³/mol. The monoisotopic (exact) mass is 247 g/mol. The summed E-state index contributed by atoms with van der Waals surface area (Å²) in [7, 11) is 3.41. The number of aryl methyl sites for hydroxylation is 1. The van der Waals surface area contributed by atoms with E-state index in [1.54, 1.807) is 25.0 Å². The molecular weight excluding hydrogens is 230 g/mol. The number of methoxy groups -OCH3 is 1. The van der Waals surface area contributed by atoms with Crippen molar-refractivity contribution in [2.75, 3.05) is 12.8 Å². The van der Waals surface area contributed by atoms with Gasteiger partial charge < -0.3 is 10.5 Å². The van der Waals surface area contributed by atoms with Gasteiger partial charge in [0.05, 0.1) is 19.3 Å². The molecule has 1 heterocycles. The number of nitrogens with zero attached hydrogens (tertiary/aromatic N) is 2. The van der Waals surface area contributed by atoms with Crippen LogP contribution >= 0.6 is 0 Å². The lowest BCUT2D eigenvalue weighted by Gasteiger charge is -2.18. The summed E-state index contributed by atoms with van der Waals surface area (Å²) in [4.78, 5) is 0. The Bertz CT molecular complexity index is 537. The zero-order valence-corrected chi connectivity index (χ0v) is 10.4. The molecular formula is C12H17N5O. The Morgan fingerprint density at radius 1 is 1.33 bits per heavy atom. The summed E-state index contributed by atoms with van der Waals surface area (Å²) in [5, 5.41) is 4.12. The van der Waals surface area contributed by atoms with Gasteiger partial charge in [0.1, 0.15) is 11.6 Å². The van der Waals surface area contributed by atoms with Gasteiger partial charge in [-0.05, 0) is 6.07 Å². The van der Waals surface area contributed by atoms with E-state index in [9.17, 15) is 0 Å². The van der Waals surface area contributed by atoms with Crippen LogP contribution in [0, 0.1) is 0 Å². The molecule has 2 aromatic rings. The van der Waals surface area contributed by atoms with Crippen molar-refractivity contribution in [3.05, 3.63) is 41.6 Å². The highest BCUT2D eigenvalue weighted by molar-refractivity contribution is 5.49. The van der Waals surface area contributed by atoms with Crippen LogP contribution in [0.25, 0.3) is 0 Å². The average Bonchev–Trinajstić information content (AvgIpc) is 2.73. The number of anilines is 1. The second-order valence-corrected chi connectivity index (χ2v) is 3.95. The fourth-order valence-corrected chi connectivity index (χ4v) is 1.94. The normalized spacial score (nSPS) is 12.4. The van der Waals surface area contributed by atoms with Crippen LogP contribution in [0.5, 0.6) is 5.75 Å². The molecule has 6 nitrogen and oxygen atoms in total. The largest absolute Gasteiger partial charge is 0.496 e. The van der Waals surface area contributed by atoms with E-state index in [4.69, 9.17) is 16.3 Å². The van der Waals surface area contributed by atoms with E-state index < -0.39 is 0 Å². The molecule has 96 valence electrons. The number of benzene rings is 1. The number of nitrogen functional groups attached to an aromatic ring is 1. The lowest BCUT2D eigenvalue weighted by Crippen LogP contribution is -2.29. The van der Waals surface area contributed by atoms with Gasteiger partial charge >= 0.3 is 0 Å². The lowest BCUT2D eigenvalue weighted by molar-refractivity contribution is 0.404. The second-order valence-electron chi connectivity index (χ2n) is 3.95. The number of nitrogens with two attached hydrogens (primary N) is 2. The van der Waals surface area contributed by atoms with E-state index in [0.29, 0.717) is 5.82 Å². The van der Waals surface area contributed by atoms with Crippen molar-refractivity contribution in [2.24, 2.45) is 12.9 Å². The van der Waals surface area contributed by atoms with Gasteiger partial charge in [0, 0.05) is 18.2 Å². The van der Waals surface area contributed by atoms with Crippen LogP contribution in [-0.2, 0) is 7.05 Å². The smallest absolute Gasteiger partial charge is 0.126 e. The van der Waals surface area contributed by atoms with E-state index in [1.807, 2.05) is 24.3 Å². The van der Waals surface area contributed by atoms with Gasteiger partial charge in [-0.1, -0.05) is 18.2 Å². The molecule has 0 fully saturated rings. The minimum Gasteiger partial charge on any atom is -0.496 e. The van der Waals surface area contributed by atoms with Crippen molar-refractivity contribution in [1.82, 2.24) is 15.2 Å². The summed E-state index contributed by atoms with van der Waals surface area (Å²) >= 11 is 0. The number of nitrogens with one attached hydrogen (secondary N) is 1. The minimum absolute atomic E-state index is 0.255. The molecule has 5 N–H and O–H groups in total. The Morgan fingerprint density at radius 2 is 2.06 bits per heavy atom. The number of ether oxygens (including phenoxy) is 1. The van der Waals surface area contributed by atoms with Crippen molar-refractivity contribution < 1.29 is 4.74 Å². The molecule has 0 bridgehead atoms. The van der Waals surface area contributed by atoms with Crippen LogP contribution in [-0.4, -0.2) is 16.9 Å². The topological polar surface area (TPSA) is 91.1 Å². The highest BCUT2D eigenvalue weighted by Crippen LogP contribution is 2.31. The fraction of sp³-hybridized carbons (Fsp3) is 0.250. The number of hydrogen-bond acceptors (Lipinski definition) is 5. The third kappa shape index (κ3) is 2.03. The first-order valence-corrected chi connectivity index (χ1v) is 5.55. The Hall–Kier alpha value is -2.05. The molecule has 0 amide bonds. The van der Waals surface area contributed by atoms with Crippen molar-refractivity contribution >= 4 is 5.82 Å². The summed E-state index contributed by atoms with van der Waals surface area (Å²) < 4.78 is 6.94. The summed E-state index contributed by atoms with van der Waals surface area (Å²) in [5.74, 6) is 6.97. The third-order valence-electron chi connectivity index (χ3n) is 2.94. The number of aromatic nitrogens is 2. The molecule has 0 radical (unpaired) electrons. The number of para-hydroxylation sites is 1. The van der Waals surface area contributed by atoms with Crippen LogP contribution in [0.15, 0.2) is 30.5 Å². The molecule has 0 aliphatic carbocycles. The van der Waals surface area contributed by atoms with Gasteiger partial charge in [-0.3, -0.25) is 10.5 Å². The molecule has 1 aromatic carbocycles. The molecule has 0 saturated carbocycles. The molecule has 18 heavy (non-hydrogen) atoms. The first-order valence-electron chi connectivity index (χ1n) is 5.55. The molecule has 1 unspecified atom stereocenters. The van der Waals surface area contributed by atoms with Gasteiger partial charge in [-0.15, -0.1) is 0 Å². The maximum absolute atomic E-state index is 5.97. The molecule has 0 saturated heterocycles. The minimum atomic E-state index is -0.255. The first-order chi connectivity index (χ1) is 8.69. The molecule has 6 heteroatoms. The molecule has 1 aromatic heterocycles. The number of hydrazine groups is 1. The number of hydrogen-bond donors (Lipinski definition) is 3. The van der Waals surface area contributed by atoms with Crippen molar-refractivity contribution in [1.29, 1.82) is 0 Å². The van der Waals surface area contributed by atoms with Crippen LogP contribution in [0.1, 0.15) is 17.2 Å². The van der Waals surface area contributed by atoms with Crippen LogP contribution < -0.4 is 21.7 Å². The maximum atomic E-state index is 5.97. The average molecular weight is 247 g/mol. The zero-order chi connectivity index (χ0) is 13.1. The SMILES string of the molecule is COc1ccccc1C(NN)c1cnn(C)c1N. The molecule has 2 rings (SSSR count). The van der Waals surface area contributed by atoms with Crippen molar-refractivity contribution in [3.63, 3.8) is 0 Å². The van der Waals surface area contributed by atoms with Gasteiger partial charge in [-0.25, -0.2) is 5.43 Å². The summed E-state index contributed by atoms with van der Waals surface area (Å²) in [5.41, 5.74) is 10.5. The summed E-state index contributed by atoms with van der Waals surface area (Å²) in [6.07, 6.45) is 1.70. The molecule has 0 aliphatic heterocycles. The zero-order valence-electron chi connectivity index (χ0n) is 10.4. The summed E-state index contributed by atoms with van der Waals surface area (Å²) in [6, 6.07) is 7.40. The Balaban J connectivity index is 2.48. The number of rotatable bonds is 4. The van der Waals surface area contributed by atoms with Crippen molar-refractivity contribution in [2.45, 2.75) is 6.04 Å². The van der Waals surface area contributed by atoms with Gasteiger partial charge in [-0.2, -0.15) is 5.10 Å². The maximum Gasteiger partial charge on any atom is 0.126 e. The van der Waals surface area contributed by atoms with Crippen LogP contribution in [0.2, 0.25) is 0 Å². The van der Waals surface area contributed by atoms with E-state index in [2.05, 4.69) is 10.5 Å². The Kier molecular flexibility index (Phi) is 3.50. The van der Waals surface area contributed by atoms with E-state index in [-0.39, 0.29) is 6.04 Å². The molecule has 1 atom stereocenters. The predicted octanol–water partition coefficient (Wildman–Crippen LogP) is 0.564. The Morgan fingerprint density at radius 3 is 2.61 bits per heavy atom. The highest BCUT2D eigenvalue weighted by Gasteiger charge is 2.21. The van der Waals surface area contributed by atoms with Gasteiger partial charge in [0.25, 0.3) is 0 Å². The van der Waals surface area contributed by atoms with Crippen molar-refractivity contribution in [3.8, 4) is 5.75 Å². The van der Waals surface area contributed by atoms with E-state index in [1.165, 1.54) is 0 Å². The van der Waals surface area contributed by atoms with Crippen LogP contribution in [0.4, 0.5) is 5.82 Å². The molecule has 0 aliphatic rings. The Labute approximate surface area is 106 Å². The third-order valence-corrected chi connectivity index (χ3v) is 2.94. The first kappa shape index (κ1) is 12.4. The van der Waals surface area contributed by atoms with E-state index in [0.717, 1.165) is 16.9 Å². The quantitative estimate of drug-likeness (QED) is 0.542. The van der Waals surface area contributed by atoms with Crippen LogP contribution in [0.3, 0.4) is 0 Å². The summed E-state index contributed by atoms with van der Waals surface area (Å²) in [6.45, 7) is 0. The highest BCUT2D eigenvalue weighted by atomic mass is 16.5. The van der Waals surface area contributed by atoms with Gasteiger partial charge in [0.2, 0.25) is 0 Å². The molecule has 0 spiro atoms. The second kappa shape index (κ2) is 5.07. The standard InChI is InChI=1S/C12H17N5O/c1-17-12(13)9(7-15-17)11(16-14)8-5-3-4-6-10(8)18-2/h3-7,11,16H,13-14H2,1-2H3. The van der Waals surface area contributed by atoms with Gasteiger partial charge in [0.15, 0.2) is 0 Å². The lowest BCUT2D eigenvalue weighted by atomic mass is 10.0. The van der Waals surface area contributed by atoms with E-state index >= 15 is 0 Å².